The lowest BCUT2D eigenvalue weighted by Gasteiger charge is -2.10. The van der Waals surface area contributed by atoms with Crippen LogP contribution in [-0.2, 0) is 0 Å². The minimum atomic E-state index is 0.0644. The van der Waals surface area contributed by atoms with Gasteiger partial charge in [0.25, 0.3) is 0 Å². The second kappa shape index (κ2) is 4.14. The molecule has 0 aliphatic heterocycles. The molecule has 0 aliphatic rings. The van der Waals surface area contributed by atoms with E-state index in [0.717, 1.165) is 5.56 Å². The Balaban J connectivity index is 2.99. The molecule has 72 valence electrons. The summed E-state index contributed by atoms with van der Waals surface area (Å²) in [7, 11) is 1.50. The van der Waals surface area contributed by atoms with Crippen molar-refractivity contribution in [3.63, 3.8) is 0 Å². The van der Waals surface area contributed by atoms with Gasteiger partial charge in [-0.15, -0.1) is 0 Å². The molecule has 1 rings (SSSR count). The molecule has 1 aromatic rings. The van der Waals surface area contributed by atoms with Crippen molar-refractivity contribution >= 4 is 0 Å². The minimum absolute atomic E-state index is 0.0644. The highest BCUT2D eigenvalue weighted by atomic mass is 16.5. The first-order valence-electron chi connectivity index (χ1n) is 4.16. The first-order valence-corrected chi connectivity index (χ1v) is 4.16. The summed E-state index contributed by atoms with van der Waals surface area (Å²) < 4.78 is 4.95. The lowest BCUT2D eigenvalue weighted by atomic mass is 10.0. The van der Waals surface area contributed by atoms with E-state index in [4.69, 9.17) is 9.84 Å². The number of phenols is 1. The number of ether oxygens (including phenoxy) is 1. The monoisotopic (exact) mass is 182 g/mol. The number of aromatic hydroxyl groups is 1. The highest BCUT2D eigenvalue weighted by Gasteiger charge is 2.07. The van der Waals surface area contributed by atoms with Gasteiger partial charge in [-0.2, -0.15) is 0 Å². The molecule has 0 radical (unpaired) electrons. The molecule has 0 spiro atoms. The van der Waals surface area contributed by atoms with Crippen LogP contribution >= 0.6 is 0 Å². The summed E-state index contributed by atoms with van der Waals surface area (Å²) in [5.74, 6) is 0.628. The van der Waals surface area contributed by atoms with Crippen molar-refractivity contribution in [3.05, 3.63) is 23.8 Å². The molecule has 0 aromatic heterocycles. The maximum Gasteiger partial charge on any atom is 0.160 e. The van der Waals surface area contributed by atoms with Crippen LogP contribution in [0.15, 0.2) is 18.2 Å². The Morgan fingerprint density at radius 1 is 1.46 bits per heavy atom. The first kappa shape index (κ1) is 9.86. The van der Waals surface area contributed by atoms with Crippen LogP contribution in [0.5, 0.6) is 11.5 Å². The molecule has 0 saturated heterocycles. The molecule has 3 nitrogen and oxygen atoms in total. The number of phenolic OH excluding ortho intramolecular Hbond substituents is 1. The van der Waals surface area contributed by atoms with E-state index in [1.165, 1.54) is 7.11 Å². The zero-order chi connectivity index (χ0) is 9.84. The van der Waals surface area contributed by atoms with Gasteiger partial charge in [-0.25, -0.2) is 0 Å². The Labute approximate surface area is 77.6 Å². The summed E-state index contributed by atoms with van der Waals surface area (Å²) in [4.78, 5) is 0. The van der Waals surface area contributed by atoms with E-state index in [1.54, 1.807) is 18.2 Å². The molecule has 2 N–H and O–H groups in total. The van der Waals surface area contributed by atoms with Crippen LogP contribution in [0.4, 0.5) is 0 Å². The van der Waals surface area contributed by atoms with Gasteiger partial charge in [-0.05, 0) is 17.7 Å². The molecule has 1 unspecified atom stereocenters. The van der Waals surface area contributed by atoms with Crippen molar-refractivity contribution < 1.29 is 14.9 Å². The van der Waals surface area contributed by atoms with Crippen LogP contribution in [0.2, 0.25) is 0 Å². The minimum Gasteiger partial charge on any atom is -0.504 e. The molecule has 1 aromatic carbocycles. The second-order valence-electron chi connectivity index (χ2n) is 3.01. The quantitative estimate of drug-likeness (QED) is 0.744. The third kappa shape index (κ3) is 2.12. The number of hydrogen-bond donors (Lipinski definition) is 2. The average Bonchev–Trinajstić information content (AvgIpc) is 2.17. The Hall–Kier alpha value is -1.22. The molecular weight excluding hydrogens is 168 g/mol. The van der Waals surface area contributed by atoms with Gasteiger partial charge in [0.1, 0.15) is 0 Å². The molecule has 0 fully saturated rings. The maximum atomic E-state index is 9.30. The van der Waals surface area contributed by atoms with Crippen molar-refractivity contribution in [1.82, 2.24) is 0 Å². The van der Waals surface area contributed by atoms with E-state index < -0.39 is 0 Å². The van der Waals surface area contributed by atoms with Crippen molar-refractivity contribution in [2.75, 3.05) is 13.7 Å². The smallest absolute Gasteiger partial charge is 0.160 e. The maximum absolute atomic E-state index is 9.30. The van der Waals surface area contributed by atoms with Gasteiger partial charge >= 0.3 is 0 Å². The summed E-state index contributed by atoms with van der Waals surface area (Å²) in [5.41, 5.74) is 0.956. The number of aliphatic hydroxyl groups excluding tert-OH is 1. The molecule has 0 aliphatic carbocycles. The first-order chi connectivity index (χ1) is 6.19. The number of methoxy groups -OCH3 is 1. The predicted molar refractivity (Wildman–Crippen MR) is 50.2 cm³/mol. The zero-order valence-corrected chi connectivity index (χ0v) is 7.82. The lowest BCUT2D eigenvalue weighted by molar-refractivity contribution is 0.272. The van der Waals surface area contributed by atoms with Crippen molar-refractivity contribution in [2.45, 2.75) is 12.8 Å². The summed E-state index contributed by atoms with van der Waals surface area (Å²) in [6.45, 7) is 2.00. The van der Waals surface area contributed by atoms with Gasteiger partial charge in [0.05, 0.1) is 7.11 Å². The molecule has 0 saturated carbocycles. The van der Waals surface area contributed by atoms with Gasteiger partial charge in [-0.1, -0.05) is 13.0 Å². The largest absolute Gasteiger partial charge is 0.504 e. The fourth-order valence-electron chi connectivity index (χ4n) is 1.11. The van der Waals surface area contributed by atoms with Crippen LogP contribution in [0, 0.1) is 0 Å². The standard InChI is InChI=1S/C10H14O3/c1-7(6-11)8-3-4-9(12)10(5-8)13-2/h3-5,7,11-12H,6H2,1-2H3. The number of hydrogen-bond acceptors (Lipinski definition) is 3. The van der Waals surface area contributed by atoms with E-state index in [9.17, 15) is 5.11 Å². The number of rotatable bonds is 3. The Bertz CT molecular complexity index is 283. The van der Waals surface area contributed by atoms with Gasteiger partial charge in [-0.3, -0.25) is 0 Å². The average molecular weight is 182 g/mol. The summed E-state index contributed by atoms with van der Waals surface area (Å²) in [5, 5.41) is 18.2. The molecule has 0 amide bonds. The number of aliphatic hydroxyl groups is 1. The molecule has 0 bridgehead atoms. The highest BCUT2D eigenvalue weighted by molar-refractivity contribution is 5.42. The Kier molecular flexibility index (Phi) is 3.14. The fourth-order valence-corrected chi connectivity index (χ4v) is 1.11. The van der Waals surface area contributed by atoms with Gasteiger partial charge in [0.2, 0.25) is 0 Å². The third-order valence-electron chi connectivity index (χ3n) is 2.05. The SMILES string of the molecule is COc1cc(C(C)CO)ccc1O. The second-order valence-corrected chi connectivity index (χ2v) is 3.01. The summed E-state index contributed by atoms with van der Waals surface area (Å²) >= 11 is 0. The highest BCUT2D eigenvalue weighted by Crippen LogP contribution is 2.29. The van der Waals surface area contributed by atoms with E-state index in [2.05, 4.69) is 0 Å². The van der Waals surface area contributed by atoms with Crippen LogP contribution in [0.25, 0.3) is 0 Å². The van der Waals surface area contributed by atoms with Crippen molar-refractivity contribution in [2.24, 2.45) is 0 Å². The third-order valence-corrected chi connectivity index (χ3v) is 2.05. The molecule has 1 atom stereocenters. The van der Waals surface area contributed by atoms with Crippen LogP contribution in [0.3, 0.4) is 0 Å². The summed E-state index contributed by atoms with van der Waals surface area (Å²) in [6, 6.07) is 5.08. The molecule has 13 heavy (non-hydrogen) atoms. The van der Waals surface area contributed by atoms with E-state index in [-0.39, 0.29) is 18.3 Å². The van der Waals surface area contributed by atoms with Crippen molar-refractivity contribution in [1.29, 1.82) is 0 Å². The van der Waals surface area contributed by atoms with E-state index in [0.29, 0.717) is 5.75 Å². The van der Waals surface area contributed by atoms with Gasteiger partial charge in [0, 0.05) is 12.5 Å². The fraction of sp³-hybridized carbons (Fsp3) is 0.400. The van der Waals surface area contributed by atoms with E-state index >= 15 is 0 Å². The lowest BCUT2D eigenvalue weighted by Crippen LogP contribution is -1.99. The van der Waals surface area contributed by atoms with Crippen LogP contribution in [0.1, 0.15) is 18.4 Å². The van der Waals surface area contributed by atoms with Gasteiger partial charge in [0.15, 0.2) is 11.5 Å². The molecule has 0 heterocycles. The normalized spacial score (nSPS) is 12.5. The van der Waals surface area contributed by atoms with Crippen LogP contribution < -0.4 is 4.74 Å². The number of benzene rings is 1. The predicted octanol–water partition coefficient (Wildman–Crippen LogP) is 1.50. The van der Waals surface area contributed by atoms with Gasteiger partial charge < -0.3 is 14.9 Å². The van der Waals surface area contributed by atoms with Crippen LogP contribution in [-0.4, -0.2) is 23.9 Å². The van der Waals surface area contributed by atoms with E-state index in [1.807, 2.05) is 6.92 Å². The Morgan fingerprint density at radius 2 is 2.15 bits per heavy atom. The summed E-state index contributed by atoms with van der Waals surface area (Å²) in [6.07, 6.45) is 0. The Morgan fingerprint density at radius 3 is 2.69 bits per heavy atom. The molecule has 3 heteroatoms. The zero-order valence-electron chi connectivity index (χ0n) is 7.82. The van der Waals surface area contributed by atoms with Crippen molar-refractivity contribution in [3.8, 4) is 11.5 Å². The topological polar surface area (TPSA) is 49.7 Å². The molecular formula is C10H14O3.